The molecule has 3 unspecified atom stereocenters. The third-order valence-corrected chi connectivity index (χ3v) is 3.97. The molecule has 1 amide bonds. The van der Waals surface area contributed by atoms with Crippen LogP contribution in [0.4, 0.5) is 0 Å². The van der Waals surface area contributed by atoms with Crippen molar-refractivity contribution in [1.82, 2.24) is 5.32 Å². The second-order valence-electron chi connectivity index (χ2n) is 5.82. The molecule has 6 nitrogen and oxygen atoms in total. The van der Waals surface area contributed by atoms with Crippen LogP contribution in [0, 0.1) is 5.92 Å². The fourth-order valence-electron chi connectivity index (χ4n) is 2.82. The molecule has 4 N–H and O–H groups in total. The van der Waals surface area contributed by atoms with Crippen LogP contribution < -0.4 is 11.1 Å². The Morgan fingerprint density at radius 2 is 2.25 bits per heavy atom. The van der Waals surface area contributed by atoms with Gasteiger partial charge in [-0.05, 0) is 31.6 Å². The summed E-state index contributed by atoms with van der Waals surface area (Å²) in [6.07, 6.45) is 3.94. The van der Waals surface area contributed by atoms with Crippen molar-refractivity contribution >= 4 is 11.9 Å². The SMILES string of the molecule is COCCCC(N)C(=O)NC1(C(=O)O)CCCC(C)C1. The minimum Gasteiger partial charge on any atom is -0.480 e. The molecule has 0 aromatic rings. The minimum absolute atomic E-state index is 0.296. The van der Waals surface area contributed by atoms with E-state index in [2.05, 4.69) is 5.32 Å². The fourth-order valence-corrected chi connectivity index (χ4v) is 2.82. The first-order valence-electron chi connectivity index (χ1n) is 7.21. The molecule has 1 aliphatic carbocycles. The number of carbonyl (C=O) groups excluding carboxylic acids is 1. The Morgan fingerprint density at radius 1 is 1.55 bits per heavy atom. The van der Waals surface area contributed by atoms with E-state index in [0.29, 0.717) is 38.2 Å². The monoisotopic (exact) mass is 286 g/mol. The van der Waals surface area contributed by atoms with Crippen LogP contribution in [0.15, 0.2) is 0 Å². The largest absolute Gasteiger partial charge is 0.480 e. The predicted octanol–water partition coefficient (Wildman–Crippen LogP) is 0.890. The van der Waals surface area contributed by atoms with Crippen LogP contribution in [-0.2, 0) is 14.3 Å². The van der Waals surface area contributed by atoms with Crippen LogP contribution >= 0.6 is 0 Å². The molecule has 1 saturated carbocycles. The third-order valence-electron chi connectivity index (χ3n) is 3.97. The van der Waals surface area contributed by atoms with Gasteiger partial charge in [0.2, 0.25) is 5.91 Å². The van der Waals surface area contributed by atoms with Crippen LogP contribution in [0.2, 0.25) is 0 Å². The summed E-state index contributed by atoms with van der Waals surface area (Å²) in [6, 6.07) is -0.682. The van der Waals surface area contributed by atoms with E-state index in [1.54, 1.807) is 7.11 Å². The zero-order valence-corrected chi connectivity index (χ0v) is 12.4. The molecule has 116 valence electrons. The Kier molecular flexibility index (Phi) is 6.42. The van der Waals surface area contributed by atoms with Crippen molar-refractivity contribution < 1.29 is 19.4 Å². The Morgan fingerprint density at radius 3 is 2.80 bits per heavy atom. The van der Waals surface area contributed by atoms with Crippen molar-refractivity contribution in [1.29, 1.82) is 0 Å². The van der Waals surface area contributed by atoms with Crippen molar-refractivity contribution in [2.45, 2.75) is 57.0 Å². The number of amides is 1. The van der Waals surface area contributed by atoms with E-state index in [1.165, 1.54) is 0 Å². The Labute approximate surface area is 120 Å². The number of aliphatic carboxylic acids is 1. The highest BCUT2D eigenvalue weighted by Crippen LogP contribution is 2.32. The van der Waals surface area contributed by atoms with Crippen LogP contribution in [0.25, 0.3) is 0 Å². The zero-order chi connectivity index (χ0) is 15.2. The first-order valence-corrected chi connectivity index (χ1v) is 7.21. The van der Waals surface area contributed by atoms with Gasteiger partial charge in [-0.2, -0.15) is 0 Å². The van der Waals surface area contributed by atoms with Gasteiger partial charge in [-0.3, -0.25) is 4.79 Å². The highest BCUT2D eigenvalue weighted by atomic mass is 16.5. The van der Waals surface area contributed by atoms with E-state index in [0.717, 1.165) is 12.8 Å². The summed E-state index contributed by atoms with van der Waals surface area (Å²) in [5.74, 6) is -1.04. The Balaban J connectivity index is 2.61. The van der Waals surface area contributed by atoms with Gasteiger partial charge >= 0.3 is 5.97 Å². The number of carboxylic acid groups (broad SMARTS) is 1. The van der Waals surface area contributed by atoms with Gasteiger partial charge in [-0.1, -0.05) is 19.8 Å². The molecular weight excluding hydrogens is 260 g/mol. The summed E-state index contributed by atoms with van der Waals surface area (Å²) in [5, 5.41) is 12.2. The van der Waals surface area contributed by atoms with Crippen LogP contribution in [0.1, 0.15) is 45.4 Å². The van der Waals surface area contributed by atoms with Gasteiger partial charge in [0.15, 0.2) is 0 Å². The van der Waals surface area contributed by atoms with Crippen LogP contribution in [-0.4, -0.2) is 42.3 Å². The van der Waals surface area contributed by atoms with Crippen molar-refractivity contribution in [2.75, 3.05) is 13.7 Å². The third kappa shape index (κ3) is 4.45. The number of nitrogens with two attached hydrogens (primary N) is 1. The fraction of sp³-hybridized carbons (Fsp3) is 0.857. The number of methoxy groups -OCH3 is 1. The number of rotatable bonds is 7. The lowest BCUT2D eigenvalue weighted by Crippen LogP contribution is -2.59. The molecule has 0 aromatic heterocycles. The number of carboxylic acids is 1. The summed E-state index contributed by atoms with van der Waals surface area (Å²) in [5.41, 5.74) is 4.66. The number of hydrogen-bond acceptors (Lipinski definition) is 4. The average Bonchev–Trinajstić information content (AvgIpc) is 2.38. The quantitative estimate of drug-likeness (QED) is 0.603. The van der Waals surface area contributed by atoms with Gasteiger partial charge in [0.05, 0.1) is 6.04 Å². The summed E-state index contributed by atoms with van der Waals surface area (Å²) < 4.78 is 4.91. The topological polar surface area (TPSA) is 102 Å². The van der Waals surface area contributed by atoms with E-state index < -0.39 is 17.6 Å². The Hall–Kier alpha value is -1.14. The van der Waals surface area contributed by atoms with Crippen molar-refractivity contribution in [3.05, 3.63) is 0 Å². The second kappa shape index (κ2) is 7.59. The summed E-state index contributed by atoms with van der Waals surface area (Å²) in [6.45, 7) is 2.56. The van der Waals surface area contributed by atoms with Crippen molar-refractivity contribution in [3.8, 4) is 0 Å². The number of nitrogens with one attached hydrogen (secondary N) is 1. The van der Waals surface area contributed by atoms with Crippen LogP contribution in [0.3, 0.4) is 0 Å². The highest BCUT2D eigenvalue weighted by molar-refractivity contribution is 5.89. The van der Waals surface area contributed by atoms with E-state index in [9.17, 15) is 14.7 Å². The zero-order valence-electron chi connectivity index (χ0n) is 12.4. The van der Waals surface area contributed by atoms with Gasteiger partial charge in [-0.25, -0.2) is 4.79 Å². The molecule has 0 aliphatic heterocycles. The molecule has 1 aliphatic rings. The standard InChI is InChI=1S/C14H26N2O4/c1-10-5-3-7-14(9-10,13(18)19)16-12(17)11(15)6-4-8-20-2/h10-11H,3-9,15H2,1-2H3,(H,16,17)(H,18,19). The molecule has 6 heteroatoms. The molecule has 3 atom stereocenters. The van der Waals surface area contributed by atoms with E-state index in [-0.39, 0.29) is 5.91 Å². The molecule has 0 spiro atoms. The number of hydrogen-bond donors (Lipinski definition) is 3. The first-order chi connectivity index (χ1) is 9.41. The van der Waals surface area contributed by atoms with Gasteiger partial charge in [0.25, 0.3) is 0 Å². The van der Waals surface area contributed by atoms with Crippen LogP contribution in [0.5, 0.6) is 0 Å². The molecule has 0 bridgehead atoms. The normalized spacial score (nSPS) is 27.9. The molecule has 0 saturated heterocycles. The molecule has 1 rings (SSSR count). The van der Waals surface area contributed by atoms with Gasteiger partial charge in [-0.15, -0.1) is 0 Å². The average molecular weight is 286 g/mol. The summed E-state index contributed by atoms with van der Waals surface area (Å²) in [7, 11) is 1.59. The summed E-state index contributed by atoms with van der Waals surface area (Å²) >= 11 is 0. The van der Waals surface area contributed by atoms with Gasteiger partial charge in [0, 0.05) is 13.7 Å². The summed E-state index contributed by atoms with van der Waals surface area (Å²) in [4.78, 5) is 23.6. The lowest BCUT2D eigenvalue weighted by molar-refractivity contribution is -0.150. The molecule has 20 heavy (non-hydrogen) atoms. The number of carbonyl (C=O) groups is 2. The molecular formula is C14H26N2O4. The van der Waals surface area contributed by atoms with Crippen molar-refractivity contribution in [3.63, 3.8) is 0 Å². The first kappa shape index (κ1) is 16.9. The molecule has 0 aromatic carbocycles. The smallest absolute Gasteiger partial charge is 0.329 e. The predicted molar refractivity (Wildman–Crippen MR) is 75.2 cm³/mol. The highest BCUT2D eigenvalue weighted by Gasteiger charge is 2.43. The maximum absolute atomic E-state index is 12.1. The lowest BCUT2D eigenvalue weighted by atomic mass is 9.76. The van der Waals surface area contributed by atoms with Gasteiger partial charge in [0.1, 0.15) is 5.54 Å². The number of ether oxygens (including phenoxy) is 1. The second-order valence-corrected chi connectivity index (χ2v) is 5.82. The maximum atomic E-state index is 12.1. The van der Waals surface area contributed by atoms with E-state index >= 15 is 0 Å². The van der Waals surface area contributed by atoms with Crippen molar-refractivity contribution in [2.24, 2.45) is 11.7 Å². The van der Waals surface area contributed by atoms with Gasteiger partial charge < -0.3 is 20.9 Å². The molecule has 0 radical (unpaired) electrons. The molecule has 0 heterocycles. The lowest BCUT2D eigenvalue weighted by Gasteiger charge is -2.37. The Bertz CT molecular complexity index is 348. The van der Waals surface area contributed by atoms with E-state index in [1.807, 2.05) is 6.92 Å². The minimum atomic E-state index is -1.15. The van der Waals surface area contributed by atoms with E-state index in [4.69, 9.17) is 10.5 Å². The molecule has 1 fully saturated rings. The maximum Gasteiger partial charge on any atom is 0.329 e.